The van der Waals surface area contributed by atoms with Crippen LogP contribution in [0, 0.1) is 5.92 Å². The van der Waals surface area contributed by atoms with Crippen LogP contribution < -0.4 is 20.9 Å². The van der Waals surface area contributed by atoms with E-state index < -0.39 is 23.0 Å². The second-order valence-corrected chi connectivity index (χ2v) is 15.6. The first kappa shape index (κ1) is 38.1. The summed E-state index contributed by atoms with van der Waals surface area (Å²) >= 11 is 2.77. The second kappa shape index (κ2) is 17.5. The summed E-state index contributed by atoms with van der Waals surface area (Å²) in [7, 11) is 5.25. The molecule has 3 amide bonds. The van der Waals surface area contributed by atoms with Crippen LogP contribution in [0.1, 0.15) is 60.9 Å². The van der Waals surface area contributed by atoms with Gasteiger partial charge in [-0.2, -0.15) is 0 Å². The number of carbonyl (C=O) groups is 4. The lowest BCUT2D eigenvalue weighted by molar-refractivity contribution is -0.116. The summed E-state index contributed by atoms with van der Waals surface area (Å²) in [6, 6.07) is 33.0. The molecule has 2 unspecified atom stereocenters. The zero-order valence-electron chi connectivity index (χ0n) is 30.6. The highest BCUT2D eigenvalue weighted by Gasteiger charge is 2.31. The number of nitrogens with zero attached hydrogens (tertiary/aromatic N) is 1. The maximum absolute atomic E-state index is 14.2. The first-order valence-electron chi connectivity index (χ1n) is 17.6. The highest BCUT2D eigenvalue weighted by atomic mass is 32.2. The summed E-state index contributed by atoms with van der Waals surface area (Å²) < 4.78 is 5.15. The van der Waals surface area contributed by atoms with E-state index in [9.17, 15) is 19.2 Å². The van der Waals surface area contributed by atoms with Gasteiger partial charge in [-0.3, -0.25) is 14.4 Å². The van der Waals surface area contributed by atoms with Crippen molar-refractivity contribution in [3.05, 3.63) is 148 Å². The van der Waals surface area contributed by atoms with Crippen molar-refractivity contribution in [3.8, 4) is 0 Å². The Balaban J connectivity index is 1.25. The number of amides is 3. The Morgan fingerprint density at radius 2 is 1.59 bits per heavy atom. The number of anilines is 3. The second-order valence-electron chi connectivity index (χ2n) is 13.3. The van der Waals surface area contributed by atoms with Gasteiger partial charge in [-0.05, 0) is 90.4 Å². The van der Waals surface area contributed by atoms with Gasteiger partial charge >= 0.3 is 5.97 Å². The molecule has 5 aromatic rings. The summed E-state index contributed by atoms with van der Waals surface area (Å²) in [5, 5.41) is 8.62. The third kappa shape index (κ3) is 9.28. The molecule has 9 nitrogen and oxygen atoms in total. The van der Waals surface area contributed by atoms with Crippen LogP contribution in [-0.4, -0.2) is 44.9 Å². The van der Waals surface area contributed by atoms with E-state index in [1.807, 2.05) is 85.7 Å². The van der Waals surface area contributed by atoms with E-state index in [-0.39, 0.29) is 11.6 Å². The maximum Gasteiger partial charge on any atom is 0.341 e. The Hall–Kier alpha value is -5.65. The number of rotatable bonds is 12. The highest BCUT2D eigenvalue weighted by molar-refractivity contribution is 8.00. The van der Waals surface area contributed by atoms with Crippen LogP contribution in [0.15, 0.2) is 120 Å². The van der Waals surface area contributed by atoms with Crippen LogP contribution in [0.5, 0.6) is 0 Å². The lowest BCUT2D eigenvalue weighted by atomic mass is 9.88. The third-order valence-corrected chi connectivity index (χ3v) is 11.5. The molecular weight excluding hydrogens is 717 g/mol. The Morgan fingerprint density at radius 3 is 2.28 bits per heavy atom. The minimum atomic E-state index is -0.688. The van der Waals surface area contributed by atoms with Gasteiger partial charge in [-0.1, -0.05) is 73.7 Å². The molecule has 0 bridgehead atoms. The molecule has 1 aliphatic rings. The molecule has 0 saturated carbocycles. The zero-order chi connectivity index (χ0) is 38.2. The van der Waals surface area contributed by atoms with Crippen molar-refractivity contribution in [3.63, 3.8) is 0 Å². The van der Waals surface area contributed by atoms with E-state index in [0.717, 1.165) is 51.4 Å². The molecular formula is C43H42N4O5S2. The molecule has 276 valence electrons. The Labute approximate surface area is 323 Å². The predicted molar refractivity (Wildman–Crippen MR) is 218 cm³/mol. The van der Waals surface area contributed by atoms with E-state index in [1.165, 1.54) is 30.2 Å². The number of thioether (sulfide) groups is 1. The van der Waals surface area contributed by atoms with Crippen molar-refractivity contribution < 1.29 is 23.9 Å². The molecule has 0 aliphatic heterocycles. The molecule has 0 saturated heterocycles. The van der Waals surface area contributed by atoms with Crippen LogP contribution in [0.25, 0.3) is 6.08 Å². The van der Waals surface area contributed by atoms with Crippen LogP contribution in [0.2, 0.25) is 0 Å². The van der Waals surface area contributed by atoms with Gasteiger partial charge in [0.05, 0.1) is 12.7 Å². The fourth-order valence-electron chi connectivity index (χ4n) is 6.19. The predicted octanol–water partition coefficient (Wildman–Crippen LogP) is 8.61. The molecule has 2 atom stereocenters. The molecule has 11 heteroatoms. The van der Waals surface area contributed by atoms with Crippen LogP contribution in [-0.2, 0) is 27.2 Å². The monoisotopic (exact) mass is 758 g/mol. The Bertz CT molecular complexity index is 2170. The van der Waals surface area contributed by atoms with Gasteiger partial charge < -0.3 is 25.6 Å². The summed E-state index contributed by atoms with van der Waals surface area (Å²) in [4.78, 5) is 58.0. The molecule has 0 spiro atoms. The average molecular weight is 759 g/mol. The maximum atomic E-state index is 14.2. The third-order valence-electron chi connectivity index (χ3n) is 9.07. The van der Waals surface area contributed by atoms with E-state index in [1.54, 1.807) is 48.5 Å². The van der Waals surface area contributed by atoms with E-state index >= 15 is 0 Å². The van der Waals surface area contributed by atoms with Gasteiger partial charge in [0.2, 0.25) is 5.91 Å². The van der Waals surface area contributed by atoms with E-state index in [4.69, 9.17) is 4.74 Å². The number of ether oxygens (including phenoxy) is 1. The summed E-state index contributed by atoms with van der Waals surface area (Å²) in [6.45, 7) is 2.19. The number of carbonyl (C=O) groups excluding carboxylic acids is 4. The van der Waals surface area contributed by atoms with Crippen LogP contribution >= 0.6 is 23.1 Å². The summed E-state index contributed by atoms with van der Waals surface area (Å²) in [5.74, 6) is -1.18. The number of thiophene rings is 1. The lowest BCUT2D eigenvalue weighted by Crippen LogP contribution is -2.30. The largest absolute Gasteiger partial charge is 0.465 e. The highest BCUT2D eigenvalue weighted by Crippen LogP contribution is 2.42. The molecule has 6 rings (SSSR count). The topological polar surface area (TPSA) is 117 Å². The summed E-state index contributed by atoms with van der Waals surface area (Å²) in [5.41, 5.74) is 4.87. The normalized spacial score (nSPS) is 14.3. The van der Waals surface area contributed by atoms with Crippen LogP contribution in [0.4, 0.5) is 16.4 Å². The number of benzene rings is 4. The number of hydrogen-bond donors (Lipinski definition) is 3. The van der Waals surface area contributed by atoms with E-state index in [0.29, 0.717) is 27.7 Å². The quantitative estimate of drug-likeness (QED) is 0.0663. The Kier molecular flexibility index (Phi) is 12.3. The van der Waals surface area contributed by atoms with Crippen molar-refractivity contribution >= 4 is 69.2 Å². The number of hydrogen-bond acceptors (Lipinski definition) is 8. The zero-order valence-corrected chi connectivity index (χ0v) is 32.2. The van der Waals surface area contributed by atoms with Gasteiger partial charge in [-0.25, -0.2) is 4.79 Å². The molecule has 1 heterocycles. The fourth-order valence-corrected chi connectivity index (χ4v) is 8.68. The minimum absolute atomic E-state index is 0.0653. The first-order chi connectivity index (χ1) is 26.1. The van der Waals surface area contributed by atoms with Crippen molar-refractivity contribution in [1.82, 2.24) is 5.32 Å². The van der Waals surface area contributed by atoms with Crippen LogP contribution in [0.3, 0.4) is 0 Å². The standard InChI is InChI=1S/C43H42N4O5S2/c1-27-18-23-34-36(24-27)54-42(37(34)43(51)52-4)46-41(50)38(29-12-7-5-8-13-29)53-33-17-11-16-31(26-33)44-40(49)35(45-39(48)30-14-9-6-10-15-30)25-28-19-21-32(22-20-28)47(2)3/h5-17,19-22,25-27,38H,18,23-24H2,1-4H3,(H,44,49)(H,45,48)(H,46,50)/b35-25+. The Morgan fingerprint density at radius 1 is 0.889 bits per heavy atom. The van der Waals surface area contributed by atoms with Gasteiger partial charge in [0, 0.05) is 40.8 Å². The average Bonchev–Trinajstić information content (AvgIpc) is 3.53. The molecule has 0 radical (unpaired) electrons. The molecule has 1 aromatic heterocycles. The SMILES string of the molecule is COC(=O)c1c(NC(=O)C(Sc2cccc(NC(=O)/C(=C\c3ccc(N(C)C)cc3)NC(=O)c3ccccc3)c2)c2ccccc2)sc2c1CCC(C)C2. The molecule has 4 aromatic carbocycles. The summed E-state index contributed by atoms with van der Waals surface area (Å²) in [6.07, 6.45) is 4.22. The lowest BCUT2D eigenvalue weighted by Gasteiger charge is -2.18. The van der Waals surface area contributed by atoms with Crippen molar-refractivity contribution in [1.29, 1.82) is 0 Å². The fraction of sp³-hybridized carbons (Fsp3) is 0.209. The first-order valence-corrected chi connectivity index (χ1v) is 19.3. The number of esters is 1. The minimum Gasteiger partial charge on any atom is -0.465 e. The van der Waals surface area contributed by atoms with Crippen molar-refractivity contribution in [2.75, 3.05) is 36.7 Å². The number of fused-ring (bicyclic) bond motifs is 1. The van der Waals surface area contributed by atoms with Gasteiger partial charge in [0.15, 0.2) is 0 Å². The van der Waals surface area contributed by atoms with Crippen molar-refractivity contribution in [2.24, 2.45) is 5.92 Å². The van der Waals surface area contributed by atoms with Gasteiger partial charge in [0.25, 0.3) is 11.8 Å². The smallest absolute Gasteiger partial charge is 0.341 e. The van der Waals surface area contributed by atoms with Crippen molar-refractivity contribution in [2.45, 2.75) is 36.3 Å². The van der Waals surface area contributed by atoms with Gasteiger partial charge in [-0.15, -0.1) is 23.1 Å². The van der Waals surface area contributed by atoms with E-state index in [2.05, 4.69) is 22.9 Å². The molecule has 3 N–H and O–H groups in total. The molecule has 1 aliphatic carbocycles. The molecule has 54 heavy (non-hydrogen) atoms. The van der Waals surface area contributed by atoms with Gasteiger partial charge in [0.1, 0.15) is 15.9 Å². The number of nitrogens with one attached hydrogen (secondary N) is 3. The number of methoxy groups -OCH3 is 1. The molecule has 0 fully saturated rings.